The largest absolute Gasteiger partial charge is 0.354 e. The van der Waals surface area contributed by atoms with Crippen LogP contribution in [0.3, 0.4) is 0 Å². The number of hydrogen-bond donors (Lipinski definition) is 0. The highest BCUT2D eigenvalue weighted by Crippen LogP contribution is 2.19. The monoisotopic (exact) mass is 352 g/mol. The van der Waals surface area contributed by atoms with Crippen LogP contribution in [-0.2, 0) is 6.42 Å². The lowest BCUT2D eigenvalue weighted by Crippen LogP contribution is -2.47. The van der Waals surface area contributed by atoms with Crippen molar-refractivity contribution in [1.29, 1.82) is 0 Å². The Hall–Kier alpha value is -2.21. The SMILES string of the molecule is c1ccc(CCN2CCN(c3ccnc(N4CCCCC4)n3)CC2)nc1. The summed E-state index contributed by atoms with van der Waals surface area (Å²) in [5, 5.41) is 0. The van der Waals surface area contributed by atoms with E-state index in [0.29, 0.717) is 0 Å². The van der Waals surface area contributed by atoms with Crippen molar-refractivity contribution in [2.75, 3.05) is 55.6 Å². The smallest absolute Gasteiger partial charge is 0.227 e. The number of piperazine rings is 1. The fourth-order valence-corrected chi connectivity index (χ4v) is 3.78. The summed E-state index contributed by atoms with van der Waals surface area (Å²) in [5.74, 6) is 1.98. The zero-order valence-corrected chi connectivity index (χ0v) is 15.4. The molecule has 0 unspecified atom stereocenters. The molecule has 0 N–H and O–H groups in total. The lowest BCUT2D eigenvalue weighted by molar-refractivity contribution is 0.259. The number of pyridine rings is 1. The lowest BCUT2D eigenvalue weighted by atomic mass is 10.1. The van der Waals surface area contributed by atoms with Gasteiger partial charge in [0.1, 0.15) is 5.82 Å². The maximum Gasteiger partial charge on any atom is 0.227 e. The average molecular weight is 352 g/mol. The molecule has 0 amide bonds. The molecule has 2 fully saturated rings. The molecule has 138 valence electrons. The molecule has 6 heteroatoms. The third kappa shape index (κ3) is 4.30. The minimum absolute atomic E-state index is 0.903. The second-order valence-corrected chi connectivity index (χ2v) is 7.16. The normalized spacial score (nSPS) is 18.9. The molecular weight excluding hydrogens is 324 g/mol. The summed E-state index contributed by atoms with van der Waals surface area (Å²) in [6, 6.07) is 8.20. The number of nitrogens with zero attached hydrogens (tertiary/aromatic N) is 6. The first kappa shape index (κ1) is 17.2. The first-order chi connectivity index (χ1) is 12.9. The molecule has 4 rings (SSSR count). The molecule has 2 aromatic heterocycles. The van der Waals surface area contributed by atoms with Gasteiger partial charge in [-0.15, -0.1) is 0 Å². The van der Waals surface area contributed by atoms with Crippen molar-refractivity contribution in [3.63, 3.8) is 0 Å². The van der Waals surface area contributed by atoms with Crippen LogP contribution in [0.15, 0.2) is 36.7 Å². The summed E-state index contributed by atoms with van der Waals surface area (Å²) >= 11 is 0. The molecular formula is C20H28N6. The topological polar surface area (TPSA) is 48.4 Å². The number of hydrogen-bond acceptors (Lipinski definition) is 6. The van der Waals surface area contributed by atoms with Gasteiger partial charge >= 0.3 is 0 Å². The molecule has 0 saturated carbocycles. The highest BCUT2D eigenvalue weighted by molar-refractivity contribution is 5.44. The van der Waals surface area contributed by atoms with Gasteiger partial charge in [-0.25, -0.2) is 4.98 Å². The van der Waals surface area contributed by atoms with E-state index in [1.807, 2.05) is 18.5 Å². The van der Waals surface area contributed by atoms with Crippen LogP contribution in [0, 0.1) is 0 Å². The zero-order valence-electron chi connectivity index (χ0n) is 15.4. The molecule has 0 aliphatic carbocycles. The third-order valence-corrected chi connectivity index (χ3v) is 5.37. The molecule has 0 radical (unpaired) electrons. The lowest BCUT2D eigenvalue weighted by Gasteiger charge is -2.35. The molecule has 4 heterocycles. The Labute approximate surface area is 155 Å². The summed E-state index contributed by atoms with van der Waals surface area (Å²) in [4.78, 5) is 21.0. The highest BCUT2D eigenvalue weighted by atomic mass is 15.3. The van der Waals surface area contributed by atoms with E-state index in [0.717, 1.165) is 64.0 Å². The molecule has 0 atom stereocenters. The van der Waals surface area contributed by atoms with Gasteiger partial charge in [0.2, 0.25) is 5.95 Å². The second kappa shape index (κ2) is 8.45. The van der Waals surface area contributed by atoms with Gasteiger partial charge in [-0.3, -0.25) is 9.88 Å². The van der Waals surface area contributed by atoms with Crippen LogP contribution in [0.2, 0.25) is 0 Å². The van der Waals surface area contributed by atoms with Gasteiger partial charge in [0.05, 0.1) is 0 Å². The van der Waals surface area contributed by atoms with Gasteiger partial charge in [0.25, 0.3) is 0 Å². The van der Waals surface area contributed by atoms with E-state index < -0.39 is 0 Å². The van der Waals surface area contributed by atoms with Crippen LogP contribution in [0.4, 0.5) is 11.8 Å². The average Bonchev–Trinajstić information content (AvgIpc) is 2.74. The van der Waals surface area contributed by atoms with E-state index in [2.05, 4.69) is 42.9 Å². The van der Waals surface area contributed by atoms with E-state index in [1.165, 1.54) is 25.0 Å². The van der Waals surface area contributed by atoms with Gasteiger partial charge in [0, 0.05) is 70.3 Å². The minimum Gasteiger partial charge on any atom is -0.354 e. The molecule has 2 saturated heterocycles. The minimum atomic E-state index is 0.903. The Morgan fingerprint density at radius 1 is 0.769 bits per heavy atom. The highest BCUT2D eigenvalue weighted by Gasteiger charge is 2.20. The summed E-state index contributed by atoms with van der Waals surface area (Å²) in [7, 11) is 0. The van der Waals surface area contributed by atoms with Crippen molar-refractivity contribution < 1.29 is 0 Å². The second-order valence-electron chi connectivity index (χ2n) is 7.16. The molecule has 6 nitrogen and oxygen atoms in total. The van der Waals surface area contributed by atoms with Crippen LogP contribution in [0.1, 0.15) is 25.0 Å². The van der Waals surface area contributed by atoms with E-state index in [9.17, 15) is 0 Å². The predicted molar refractivity (Wildman–Crippen MR) is 105 cm³/mol. The Kier molecular flexibility index (Phi) is 5.59. The van der Waals surface area contributed by atoms with Gasteiger partial charge in [-0.2, -0.15) is 4.98 Å². The van der Waals surface area contributed by atoms with E-state index >= 15 is 0 Å². The van der Waals surface area contributed by atoms with Crippen molar-refractivity contribution in [3.05, 3.63) is 42.4 Å². The molecule has 0 aromatic carbocycles. The standard InChI is InChI=1S/C20H28N6/c1-4-11-26(12-5-1)20-22-10-7-19(23-20)25-16-14-24(15-17-25)13-8-18-6-2-3-9-21-18/h2-3,6-7,9-10H,1,4-5,8,11-17H2. The van der Waals surface area contributed by atoms with Crippen LogP contribution < -0.4 is 9.80 Å². The van der Waals surface area contributed by atoms with E-state index in [-0.39, 0.29) is 0 Å². The number of aromatic nitrogens is 3. The molecule has 26 heavy (non-hydrogen) atoms. The van der Waals surface area contributed by atoms with Crippen LogP contribution in [0.5, 0.6) is 0 Å². The number of rotatable bonds is 5. The van der Waals surface area contributed by atoms with Crippen molar-refractivity contribution >= 4 is 11.8 Å². The van der Waals surface area contributed by atoms with Crippen molar-refractivity contribution in [3.8, 4) is 0 Å². The predicted octanol–water partition coefficient (Wildman–Crippen LogP) is 2.23. The van der Waals surface area contributed by atoms with Crippen LogP contribution >= 0.6 is 0 Å². The number of anilines is 2. The first-order valence-corrected chi connectivity index (χ1v) is 9.84. The molecule has 0 spiro atoms. The Bertz CT molecular complexity index is 678. The summed E-state index contributed by atoms with van der Waals surface area (Å²) in [6.45, 7) is 7.46. The quantitative estimate of drug-likeness (QED) is 0.822. The van der Waals surface area contributed by atoms with E-state index in [1.54, 1.807) is 0 Å². The fraction of sp³-hybridized carbons (Fsp3) is 0.550. The first-order valence-electron chi connectivity index (χ1n) is 9.84. The maximum absolute atomic E-state index is 4.85. The molecule has 0 bridgehead atoms. The fourth-order valence-electron chi connectivity index (χ4n) is 3.78. The van der Waals surface area contributed by atoms with Crippen LogP contribution in [-0.4, -0.2) is 65.7 Å². The maximum atomic E-state index is 4.85. The molecule has 2 aromatic rings. The van der Waals surface area contributed by atoms with Crippen molar-refractivity contribution in [2.45, 2.75) is 25.7 Å². The van der Waals surface area contributed by atoms with Gasteiger partial charge in [0.15, 0.2) is 0 Å². The third-order valence-electron chi connectivity index (χ3n) is 5.37. The summed E-state index contributed by atoms with van der Waals surface area (Å²) in [6.07, 6.45) is 8.65. The summed E-state index contributed by atoms with van der Waals surface area (Å²) in [5.41, 5.74) is 1.18. The van der Waals surface area contributed by atoms with Crippen molar-refractivity contribution in [1.82, 2.24) is 19.9 Å². The number of piperidine rings is 1. The van der Waals surface area contributed by atoms with Gasteiger partial charge in [-0.05, 0) is 37.5 Å². The molecule has 2 aliphatic heterocycles. The van der Waals surface area contributed by atoms with E-state index in [4.69, 9.17) is 4.98 Å². The van der Waals surface area contributed by atoms with Gasteiger partial charge in [-0.1, -0.05) is 6.07 Å². The summed E-state index contributed by atoms with van der Waals surface area (Å²) < 4.78 is 0. The zero-order chi connectivity index (χ0) is 17.6. The van der Waals surface area contributed by atoms with Crippen molar-refractivity contribution in [2.24, 2.45) is 0 Å². The molecule has 2 aliphatic rings. The Morgan fingerprint density at radius 2 is 1.62 bits per heavy atom. The Balaban J connectivity index is 1.30. The Morgan fingerprint density at radius 3 is 2.38 bits per heavy atom. The van der Waals surface area contributed by atoms with Gasteiger partial charge < -0.3 is 9.80 Å². The van der Waals surface area contributed by atoms with Crippen LogP contribution in [0.25, 0.3) is 0 Å².